The molecule has 5 aromatic carbocycles. The predicted molar refractivity (Wildman–Crippen MR) is 230 cm³/mol. The van der Waals surface area contributed by atoms with E-state index in [2.05, 4.69) is 10.3 Å². The highest BCUT2D eigenvalue weighted by molar-refractivity contribution is 6.22. The smallest absolute Gasteiger partial charge is 0.260 e. The summed E-state index contributed by atoms with van der Waals surface area (Å²) in [5, 5.41) is 13.2. The van der Waals surface area contributed by atoms with Crippen LogP contribution in [0.4, 0.5) is 17.1 Å². The van der Waals surface area contributed by atoms with Gasteiger partial charge in [0.1, 0.15) is 18.1 Å². The zero-order valence-corrected chi connectivity index (χ0v) is 33.8. The lowest BCUT2D eigenvalue weighted by Crippen LogP contribution is -2.53. The number of aromatic hydroxyl groups is 1. The van der Waals surface area contributed by atoms with E-state index in [4.69, 9.17) is 9.47 Å². The van der Waals surface area contributed by atoms with Crippen LogP contribution in [0.15, 0.2) is 139 Å². The molecule has 4 fully saturated rings. The van der Waals surface area contributed by atoms with Crippen molar-refractivity contribution in [2.24, 2.45) is 23.7 Å². The fourth-order valence-corrected chi connectivity index (χ4v) is 10.6. The van der Waals surface area contributed by atoms with Crippen LogP contribution in [0.5, 0.6) is 11.5 Å². The molecule has 3 aliphatic heterocycles. The molecule has 0 spiro atoms. The first kappa shape index (κ1) is 38.5. The number of hydrazine groups is 1. The Labute approximate surface area is 354 Å². The van der Waals surface area contributed by atoms with Crippen LogP contribution in [0, 0.1) is 30.6 Å². The molecular formula is C50H46N4O7. The Bertz CT molecular complexity index is 2540. The maximum atomic E-state index is 15.5. The molecule has 2 N–H and O–H groups in total. The number of fused-ring (bicyclic) bond motifs is 4. The third kappa shape index (κ3) is 6.37. The van der Waals surface area contributed by atoms with Crippen LogP contribution in [0.2, 0.25) is 0 Å². The van der Waals surface area contributed by atoms with Gasteiger partial charge in [-0.15, -0.1) is 0 Å². The lowest BCUT2D eigenvalue weighted by molar-refractivity contribution is -0.138. The van der Waals surface area contributed by atoms with Crippen molar-refractivity contribution in [3.63, 3.8) is 0 Å². The van der Waals surface area contributed by atoms with Crippen molar-refractivity contribution in [1.82, 2.24) is 5.01 Å². The Morgan fingerprint density at radius 1 is 0.770 bits per heavy atom. The minimum absolute atomic E-state index is 0.103. The summed E-state index contributed by atoms with van der Waals surface area (Å²) in [6, 6.07) is 39.1. The van der Waals surface area contributed by atoms with Crippen molar-refractivity contribution < 1.29 is 33.8 Å². The molecule has 308 valence electrons. The fraction of sp³-hybridized carbons (Fsp3) is 0.280. The van der Waals surface area contributed by atoms with Crippen LogP contribution in [-0.4, -0.2) is 60.0 Å². The normalized spacial score (nSPS) is 25.8. The highest BCUT2D eigenvalue weighted by atomic mass is 16.5. The van der Waals surface area contributed by atoms with Crippen LogP contribution < -0.4 is 20.0 Å². The summed E-state index contributed by atoms with van der Waals surface area (Å²) in [4.78, 5) is 63.4. The monoisotopic (exact) mass is 814 g/mol. The summed E-state index contributed by atoms with van der Waals surface area (Å²) in [6.45, 7) is 5.03. The Balaban J connectivity index is 1.07. The molecule has 11 heteroatoms. The first-order valence-electron chi connectivity index (χ1n) is 21.0. The molecule has 4 amide bonds. The number of morpholine rings is 1. The number of hydrogen-bond donors (Lipinski definition) is 2. The number of carbonyl (C=O) groups is 4. The molecule has 6 atom stereocenters. The lowest BCUT2D eigenvalue weighted by Gasteiger charge is -2.50. The summed E-state index contributed by atoms with van der Waals surface area (Å²) in [6.07, 6.45) is 2.42. The average Bonchev–Trinajstić information content (AvgIpc) is 3.68. The van der Waals surface area contributed by atoms with E-state index in [1.165, 1.54) is 4.90 Å². The second-order valence-corrected chi connectivity index (χ2v) is 16.7. The number of amides is 4. The largest absolute Gasteiger partial charge is 0.508 e. The molecule has 5 aromatic rings. The fourth-order valence-electron chi connectivity index (χ4n) is 10.6. The number of hydrogen-bond acceptors (Lipinski definition) is 9. The van der Waals surface area contributed by atoms with E-state index < -0.39 is 46.8 Å². The number of phenolic OH excluding ortho intramolecular Hbond substituents is 1. The number of imide groups is 2. The van der Waals surface area contributed by atoms with Gasteiger partial charge in [-0.1, -0.05) is 96.1 Å². The third-order valence-corrected chi connectivity index (χ3v) is 13.4. The number of aryl methyl sites for hydroxylation is 1. The van der Waals surface area contributed by atoms with Crippen molar-refractivity contribution in [2.45, 2.75) is 37.7 Å². The Hall–Kier alpha value is -6.72. The van der Waals surface area contributed by atoms with Crippen molar-refractivity contribution in [1.29, 1.82) is 0 Å². The van der Waals surface area contributed by atoms with Gasteiger partial charge in [-0.3, -0.25) is 29.5 Å². The number of nitrogens with zero attached hydrogens (tertiary/aromatic N) is 3. The maximum absolute atomic E-state index is 15.5. The first-order valence-corrected chi connectivity index (χ1v) is 21.0. The first-order chi connectivity index (χ1) is 29.7. The third-order valence-electron chi connectivity index (χ3n) is 13.4. The van der Waals surface area contributed by atoms with Gasteiger partial charge in [-0.25, -0.2) is 0 Å². The van der Waals surface area contributed by atoms with Crippen LogP contribution in [0.3, 0.4) is 0 Å². The van der Waals surface area contributed by atoms with Gasteiger partial charge >= 0.3 is 0 Å². The van der Waals surface area contributed by atoms with Gasteiger partial charge in [0.05, 0.1) is 47.8 Å². The second kappa shape index (κ2) is 15.4. The van der Waals surface area contributed by atoms with Gasteiger partial charge in [-0.2, -0.15) is 5.01 Å². The summed E-state index contributed by atoms with van der Waals surface area (Å²) in [7, 11) is 0. The SMILES string of the molecule is Cc1ccc(NN2C(=O)C3CC4C(=CCC5C(=O)N(c6ccc(N7CCOCC7)cc6)C(=O)C54)C(c4ccc(OCc5ccccc5)cc4O)C3(c3ccccc3)C2=O)cc1. The molecule has 0 aromatic heterocycles. The van der Waals surface area contributed by atoms with Crippen molar-refractivity contribution in [2.75, 3.05) is 41.5 Å². The van der Waals surface area contributed by atoms with Gasteiger partial charge in [-0.05, 0) is 79.3 Å². The van der Waals surface area contributed by atoms with Gasteiger partial charge in [0.25, 0.3) is 11.8 Å². The molecule has 2 aliphatic carbocycles. The highest BCUT2D eigenvalue weighted by Gasteiger charge is 2.70. The molecule has 1 saturated carbocycles. The zero-order valence-electron chi connectivity index (χ0n) is 33.8. The van der Waals surface area contributed by atoms with E-state index in [1.54, 1.807) is 18.2 Å². The minimum Gasteiger partial charge on any atom is -0.508 e. The zero-order chi connectivity index (χ0) is 41.8. The molecule has 5 aliphatic rings. The Morgan fingerprint density at radius 3 is 2.16 bits per heavy atom. The second-order valence-electron chi connectivity index (χ2n) is 16.7. The van der Waals surface area contributed by atoms with E-state index in [0.29, 0.717) is 41.5 Å². The highest BCUT2D eigenvalue weighted by Crippen LogP contribution is 2.65. The van der Waals surface area contributed by atoms with Crippen molar-refractivity contribution in [3.8, 4) is 11.5 Å². The van der Waals surface area contributed by atoms with Gasteiger partial charge < -0.3 is 19.5 Å². The molecule has 10 rings (SSSR count). The van der Waals surface area contributed by atoms with Crippen LogP contribution >= 0.6 is 0 Å². The van der Waals surface area contributed by atoms with Crippen LogP contribution in [0.25, 0.3) is 0 Å². The predicted octanol–water partition coefficient (Wildman–Crippen LogP) is 7.31. The van der Waals surface area contributed by atoms with E-state index in [9.17, 15) is 14.7 Å². The average molecular weight is 815 g/mol. The lowest BCUT2D eigenvalue weighted by atomic mass is 9.49. The number of anilines is 3. The molecular weight excluding hydrogens is 769 g/mol. The quantitative estimate of drug-likeness (QED) is 0.116. The van der Waals surface area contributed by atoms with Crippen LogP contribution in [-0.2, 0) is 35.9 Å². The summed E-state index contributed by atoms with van der Waals surface area (Å²) < 4.78 is 11.6. The molecule has 0 bridgehead atoms. The summed E-state index contributed by atoms with van der Waals surface area (Å²) >= 11 is 0. The van der Waals surface area contributed by atoms with Crippen LogP contribution in [0.1, 0.15) is 41.0 Å². The standard InChI is InChI=1S/C50H46N4O7/c1-31-12-14-34(15-13-31)51-54-47(57)42-29-41-38(22-23-40-44(41)48(58)53(46(40)56)36-18-16-35(17-19-36)52-24-26-60-27-25-52)45(50(42,49(54)59)33-10-6-3-7-11-33)39-21-20-37(28-43(39)55)61-30-32-8-4-2-5-9-32/h2-22,28,40-42,44-45,51,55H,23-27,29-30H2,1H3. The van der Waals surface area contributed by atoms with Crippen molar-refractivity contribution >= 4 is 40.7 Å². The number of allylic oxidation sites excluding steroid dienone is 2. The molecule has 3 saturated heterocycles. The molecule has 11 nitrogen and oxygen atoms in total. The molecule has 6 unspecified atom stereocenters. The molecule has 3 heterocycles. The summed E-state index contributed by atoms with van der Waals surface area (Å²) in [5.74, 6) is -5.01. The molecule has 0 radical (unpaired) electrons. The number of carbonyl (C=O) groups excluding carboxylic acids is 4. The number of phenols is 1. The number of nitrogens with one attached hydrogen (secondary N) is 1. The van der Waals surface area contributed by atoms with Gasteiger partial charge in [0.15, 0.2) is 0 Å². The minimum atomic E-state index is -1.52. The number of benzene rings is 5. The Morgan fingerprint density at radius 2 is 1.46 bits per heavy atom. The number of rotatable bonds is 9. The van der Waals surface area contributed by atoms with Crippen molar-refractivity contribution in [3.05, 3.63) is 161 Å². The maximum Gasteiger partial charge on any atom is 0.260 e. The summed E-state index contributed by atoms with van der Waals surface area (Å²) in [5.41, 5.74) is 7.48. The van der Waals surface area contributed by atoms with E-state index >= 15 is 9.59 Å². The van der Waals surface area contributed by atoms with E-state index in [0.717, 1.165) is 40.5 Å². The number of ether oxygens (including phenoxy) is 2. The van der Waals surface area contributed by atoms with E-state index in [-0.39, 0.29) is 37.0 Å². The topological polar surface area (TPSA) is 129 Å². The molecule has 61 heavy (non-hydrogen) atoms. The Kier molecular flexibility index (Phi) is 9.71. The van der Waals surface area contributed by atoms with Gasteiger partial charge in [0.2, 0.25) is 11.8 Å². The van der Waals surface area contributed by atoms with Gasteiger partial charge in [0, 0.05) is 36.3 Å². The van der Waals surface area contributed by atoms with E-state index in [1.807, 2.05) is 122 Å².